The van der Waals surface area contributed by atoms with Gasteiger partial charge in [-0.25, -0.2) is 8.78 Å². The van der Waals surface area contributed by atoms with E-state index in [0.717, 1.165) is 5.56 Å². The Labute approximate surface area is 286 Å². The molecule has 1 fully saturated rings. The van der Waals surface area contributed by atoms with Gasteiger partial charge in [-0.05, 0) is 66.9 Å². The maximum atomic E-state index is 15.4. The lowest BCUT2D eigenvalue weighted by Crippen LogP contribution is -2.63. The van der Waals surface area contributed by atoms with Crippen LogP contribution in [0, 0.1) is 11.6 Å². The molecule has 2 heterocycles. The summed E-state index contributed by atoms with van der Waals surface area (Å²) in [5, 5.41) is 12.2. The predicted octanol–water partition coefficient (Wildman–Crippen LogP) is 8.17. The first-order valence-corrected chi connectivity index (χ1v) is 19.4. The topological polar surface area (TPSA) is 71.5 Å². The van der Waals surface area contributed by atoms with Gasteiger partial charge in [0.05, 0.1) is 31.1 Å². The molecule has 1 amide bonds. The van der Waals surface area contributed by atoms with Crippen LogP contribution in [0.1, 0.15) is 44.7 Å². The molecule has 2 atom stereocenters. The Morgan fingerprint density at radius 3 is 2.38 bits per heavy atom. The summed E-state index contributed by atoms with van der Waals surface area (Å²) in [5.41, 5.74) is 0.569. The lowest BCUT2D eigenvalue weighted by atomic mass is 9.89. The van der Waals surface area contributed by atoms with Crippen LogP contribution in [0.3, 0.4) is 0 Å². The third-order valence-corrected chi connectivity index (χ3v) is 14.8. The number of benzene rings is 3. The normalized spacial score (nSPS) is 20.3. The second kappa shape index (κ2) is 13.5. The van der Waals surface area contributed by atoms with Crippen LogP contribution in [-0.4, -0.2) is 57.8 Å². The van der Waals surface area contributed by atoms with Gasteiger partial charge < -0.3 is 28.8 Å². The number of nitrogens with zero attached hydrogens (tertiary/aromatic N) is 2. The number of hydrogen-bond acceptors (Lipinski definition) is 6. The molecule has 0 radical (unpaired) electrons. The number of amides is 1. The Morgan fingerprint density at radius 2 is 1.74 bits per heavy atom. The zero-order valence-electron chi connectivity index (χ0n) is 27.6. The number of piperidine rings is 1. The Morgan fingerprint density at radius 1 is 1.04 bits per heavy atom. The van der Waals surface area contributed by atoms with Crippen LogP contribution in [-0.2, 0) is 22.2 Å². The maximum absolute atomic E-state index is 15.4. The van der Waals surface area contributed by atoms with E-state index in [1.807, 2.05) is 17.0 Å². The Bertz CT molecular complexity index is 1640. The first-order chi connectivity index (χ1) is 22.0. The molecule has 0 saturated carbocycles. The van der Waals surface area contributed by atoms with Crippen LogP contribution in [0.25, 0.3) is 0 Å². The van der Waals surface area contributed by atoms with E-state index in [0.29, 0.717) is 35.0 Å². The van der Waals surface area contributed by atoms with Crippen LogP contribution >= 0.6 is 23.2 Å². The molecule has 1 saturated heterocycles. The van der Waals surface area contributed by atoms with Crippen molar-refractivity contribution in [1.29, 1.82) is 0 Å². The van der Waals surface area contributed by atoms with Crippen LogP contribution in [0.5, 0.6) is 11.5 Å². The van der Waals surface area contributed by atoms with E-state index in [9.17, 15) is 14.3 Å². The molecular formula is C35H42Cl2F2N2O5Si. The molecule has 0 unspecified atom stereocenters. The van der Waals surface area contributed by atoms with Gasteiger partial charge in [0.25, 0.3) is 0 Å². The Balaban J connectivity index is 1.44. The van der Waals surface area contributed by atoms with E-state index in [2.05, 4.69) is 33.9 Å². The molecule has 5 rings (SSSR count). The molecule has 2 aliphatic rings. The number of hydrogen-bond donors (Lipinski definition) is 1. The largest absolute Gasteiger partial charge is 0.497 e. The number of carbonyl (C=O) groups is 1. The fourth-order valence-corrected chi connectivity index (χ4v) is 7.59. The molecule has 3 aromatic carbocycles. The summed E-state index contributed by atoms with van der Waals surface area (Å²) >= 11 is 12.5. The van der Waals surface area contributed by atoms with Gasteiger partial charge in [-0.1, -0.05) is 56.1 Å². The van der Waals surface area contributed by atoms with E-state index < -0.39 is 31.7 Å². The molecule has 7 nitrogen and oxygen atoms in total. The average Bonchev–Trinajstić information content (AvgIpc) is 3.00. The van der Waals surface area contributed by atoms with Crippen molar-refractivity contribution in [3.05, 3.63) is 81.3 Å². The molecule has 3 aromatic rings. The predicted molar refractivity (Wildman–Crippen MR) is 185 cm³/mol. The van der Waals surface area contributed by atoms with Gasteiger partial charge in [0.15, 0.2) is 8.32 Å². The van der Waals surface area contributed by atoms with E-state index in [1.54, 1.807) is 31.4 Å². The minimum absolute atomic E-state index is 0.162. The summed E-state index contributed by atoms with van der Waals surface area (Å²) in [6.45, 7) is 11.0. The number of anilines is 2. The monoisotopic (exact) mass is 706 g/mol. The minimum Gasteiger partial charge on any atom is -0.497 e. The number of rotatable bonds is 9. The molecular weight excluding hydrogens is 665 g/mol. The summed E-state index contributed by atoms with van der Waals surface area (Å²) in [6, 6.07) is 13.0. The van der Waals surface area contributed by atoms with E-state index in [-0.39, 0.29) is 59.9 Å². The van der Waals surface area contributed by atoms with Gasteiger partial charge in [-0.3, -0.25) is 4.79 Å². The molecule has 0 spiro atoms. The molecule has 0 aliphatic carbocycles. The number of ether oxygens (including phenoxy) is 2. The third kappa shape index (κ3) is 7.42. The van der Waals surface area contributed by atoms with Crippen LogP contribution in [0.15, 0.2) is 48.5 Å². The molecule has 12 heteroatoms. The first-order valence-electron chi connectivity index (χ1n) is 15.7. The smallest absolute Gasteiger partial charge is 0.227 e. The highest BCUT2D eigenvalue weighted by molar-refractivity contribution is 6.74. The van der Waals surface area contributed by atoms with E-state index in [4.69, 9.17) is 37.1 Å². The van der Waals surface area contributed by atoms with Gasteiger partial charge >= 0.3 is 0 Å². The van der Waals surface area contributed by atoms with E-state index in [1.165, 1.54) is 17.0 Å². The van der Waals surface area contributed by atoms with E-state index >= 15 is 4.39 Å². The zero-order valence-corrected chi connectivity index (χ0v) is 30.1. The summed E-state index contributed by atoms with van der Waals surface area (Å²) in [6.07, 6.45) is -0.0541. The Hall–Kier alpha value is -2.89. The van der Waals surface area contributed by atoms with Gasteiger partial charge in [0, 0.05) is 36.2 Å². The number of aliphatic hydroxyl groups is 1. The fraction of sp³-hybridized carbons (Fsp3) is 0.457. The summed E-state index contributed by atoms with van der Waals surface area (Å²) in [7, 11) is -0.855. The lowest BCUT2D eigenvalue weighted by molar-refractivity contribution is -0.119. The number of fused-ring (bicyclic) bond motifs is 1. The highest BCUT2D eigenvalue weighted by Crippen LogP contribution is 2.44. The lowest BCUT2D eigenvalue weighted by Gasteiger charge is -2.49. The molecule has 2 aliphatic heterocycles. The van der Waals surface area contributed by atoms with Crippen molar-refractivity contribution in [2.45, 2.75) is 76.4 Å². The number of methoxy groups -OCH3 is 1. The highest BCUT2D eigenvalue weighted by atomic mass is 35.5. The average molecular weight is 708 g/mol. The van der Waals surface area contributed by atoms with Gasteiger partial charge in [-0.2, -0.15) is 0 Å². The fourth-order valence-electron chi connectivity index (χ4n) is 5.81. The van der Waals surface area contributed by atoms with Crippen molar-refractivity contribution in [3.63, 3.8) is 0 Å². The third-order valence-electron chi connectivity index (χ3n) is 9.69. The van der Waals surface area contributed by atoms with Gasteiger partial charge in [0.2, 0.25) is 5.91 Å². The number of halogens is 4. The zero-order chi connectivity index (χ0) is 34.3. The second-order valence-electron chi connectivity index (χ2n) is 13.9. The highest BCUT2D eigenvalue weighted by Gasteiger charge is 2.49. The van der Waals surface area contributed by atoms with Gasteiger partial charge in [-0.15, -0.1) is 0 Å². The van der Waals surface area contributed by atoms with Crippen molar-refractivity contribution >= 4 is 48.8 Å². The molecule has 0 aromatic heterocycles. The summed E-state index contributed by atoms with van der Waals surface area (Å²) in [5.74, 6) is -0.488. The SMILES string of the molecule is COc1ccc(CN2C(=O)CCc3c(OC[C@]4(O)CCN(c5ccc(Cl)cc5F)C[C@H]4O[Si](C)(C)C(C)(C)C)cc(F)c(Cl)c32)cc1. The first kappa shape index (κ1) is 35.4. The van der Waals surface area contributed by atoms with Crippen molar-refractivity contribution in [1.82, 2.24) is 0 Å². The number of carbonyl (C=O) groups excluding carboxylic acids is 1. The summed E-state index contributed by atoms with van der Waals surface area (Å²) < 4.78 is 48.7. The molecule has 254 valence electrons. The standard InChI is InChI=1S/C35H42Cl2F2N2O5Si/c1-34(2,3)47(5,6)46-30-20-40(28-13-9-23(36)17-26(28)38)16-15-35(30,43)21-45-29-18-27(39)32(37)33-25(29)12-14-31(42)41(33)19-22-7-10-24(44-4)11-8-22/h7-11,13,17-18,30,43H,12,14-16,19-21H2,1-6H3/t30-,35-/m1/s1. The minimum atomic E-state index is -2.43. The molecule has 0 bridgehead atoms. The quantitative estimate of drug-likeness (QED) is 0.227. The molecule has 47 heavy (non-hydrogen) atoms. The maximum Gasteiger partial charge on any atom is 0.227 e. The van der Waals surface area contributed by atoms with Crippen molar-refractivity contribution in [2.24, 2.45) is 0 Å². The Kier molecular flexibility index (Phi) is 10.2. The van der Waals surface area contributed by atoms with Crippen molar-refractivity contribution < 1.29 is 32.6 Å². The van der Waals surface area contributed by atoms with Crippen LogP contribution in [0.4, 0.5) is 20.2 Å². The molecule has 1 N–H and O–H groups in total. The second-order valence-corrected chi connectivity index (χ2v) is 19.4. The van der Waals surface area contributed by atoms with Crippen LogP contribution < -0.4 is 19.3 Å². The summed E-state index contributed by atoms with van der Waals surface area (Å²) in [4.78, 5) is 16.5. The van der Waals surface area contributed by atoms with Crippen molar-refractivity contribution in [3.8, 4) is 11.5 Å². The van der Waals surface area contributed by atoms with Gasteiger partial charge in [0.1, 0.15) is 40.4 Å². The van der Waals surface area contributed by atoms with Crippen molar-refractivity contribution in [2.75, 3.05) is 36.6 Å². The van der Waals surface area contributed by atoms with Crippen LogP contribution in [0.2, 0.25) is 28.2 Å².